The van der Waals surface area contributed by atoms with Crippen LogP contribution >= 0.6 is 0 Å². The summed E-state index contributed by atoms with van der Waals surface area (Å²) in [5.41, 5.74) is 4.87. The van der Waals surface area contributed by atoms with Crippen LogP contribution in [0.5, 0.6) is 0 Å². The van der Waals surface area contributed by atoms with Crippen LogP contribution in [0.25, 0.3) is 0 Å². The number of ether oxygens (including phenoxy) is 1. The lowest BCUT2D eigenvalue weighted by Gasteiger charge is -2.08. The summed E-state index contributed by atoms with van der Waals surface area (Å²) in [5.74, 6) is -0.667. The monoisotopic (exact) mass is 174 g/mol. The van der Waals surface area contributed by atoms with Crippen molar-refractivity contribution >= 4 is 11.8 Å². The standard InChI is InChI=1S/C7H14N2O3/c1-5(12-2)7(11)9-4-3-6(8)10/h5H,3-4H2,1-2H3,(H2,8,10)(H,9,11). The maximum atomic E-state index is 11.0. The minimum atomic E-state index is -0.488. The summed E-state index contributed by atoms with van der Waals surface area (Å²) in [7, 11) is 1.44. The topological polar surface area (TPSA) is 81.4 Å². The number of nitrogens with two attached hydrogens (primary N) is 1. The van der Waals surface area contributed by atoms with Crippen molar-refractivity contribution in [2.24, 2.45) is 5.73 Å². The fraction of sp³-hybridized carbons (Fsp3) is 0.714. The predicted octanol–water partition coefficient (Wildman–Crippen LogP) is -0.987. The van der Waals surface area contributed by atoms with Crippen molar-refractivity contribution in [3.63, 3.8) is 0 Å². The van der Waals surface area contributed by atoms with Gasteiger partial charge in [0.15, 0.2) is 0 Å². The fourth-order valence-corrected chi connectivity index (χ4v) is 0.560. The van der Waals surface area contributed by atoms with E-state index < -0.39 is 12.0 Å². The van der Waals surface area contributed by atoms with Gasteiger partial charge in [-0.05, 0) is 6.92 Å². The first kappa shape index (κ1) is 10.9. The Morgan fingerprint density at radius 1 is 1.58 bits per heavy atom. The van der Waals surface area contributed by atoms with Gasteiger partial charge in [0.25, 0.3) is 0 Å². The Labute approximate surface area is 71.3 Å². The average Bonchev–Trinajstić information content (AvgIpc) is 2.02. The summed E-state index contributed by atoms with van der Waals surface area (Å²) < 4.78 is 4.74. The molecule has 0 fully saturated rings. The third-order valence-corrected chi connectivity index (χ3v) is 1.39. The largest absolute Gasteiger partial charge is 0.372 e. The van der Waals surface area contributed by atoms with Crippen molar-refractivity contribution in [2.45, 2.75) is 19.4 Å². The summed E-state index contributed by atoms with van der Waals surface area (Å²) >= 11 is 0. The molecule has 0 aliphatic rings. The van der Waals surface area contributed by atoms with Crippen LogP contribution in [0.3, 0.4) is 0 Å². The number of hydrogen-bond donors (Lipinski definition) is 2. The molecular weight excluding hydrogens is 160 g/mol. The van der Waals surface area contributed by atoms with Gasteiger partial charge in [0.2, 0.25) is 11.8 Å². The zero-order valence-corrected chi connectivity index (χ0v) is 7.29. The second kappa shape index (κ2) is 5.54. The molecule has 0 saturated carbocycles. The second-order valence-electron chi connectivity index (χ2n) is 2.39. The van der Waals surface area contributed by atoms with Crippen LogP contribution in [-0.2, 0) is 14.3 Å². The van der Waals surface area contributed by atoms with E-state index in [4.69, 9.17) is 10.5 Å². The number of nitrogens with one attached hydrogen (secondary N) is 1. The van der Waals surface area contributed by atoms with E-state index in [1.54, 1.807) is 6.92 Å². The Kier molecular flexibility index (Phi) is 5.03. The molecule has 0 aromatic rings. The Bertz CT molecular complexity index is 170. The molecule has 0 saturated heterocycles. The molecule has 5 heteroatoms. The van der Waals surface area contributed by atoms with Crippen molar-refractivity contribution in [2.75, 3.05) is 13.7 Å². The SMILES string of the molecule is COC(C)C(=O)NCCC(N)=O. The number of amides is 2. The van der Waals surface area contributed by atoms with Gasteiger partial charge in [-0.1, -0.05) is 0 Å². The van der Waals surface area contributed by atoms with Gasteiger partial charge in [0.05, 0.1) is 0 Å². The molecule has 0 rings (SSSR count). The molecule has 0 spiro atoms. The first-order valence-electron chi connectivity index (χ1n) is 3.66. The van der Waals surface area contributed by atoms with Gasteiger partial charge in [-0.25, -0.2) is 0 Å². The van der Waals surface area contributed by atoms with Gasteiger partial charge in [-0.3, -0.25) is 9.59 Å². The number of carbonyl (C=O) groups is 2. The molecular formula is C7H14N2O3. The third-order valence-electron chi connectivity index (χ3n) is 1.39. The Morgan fingerprint density at radius 2 is 2.17 bits per heavy atom. The van der Waals surface area contributed by atoms with E-state index in [1.165, 1.54) is 7.11 Å². The van der Waals surface area contributed by atoms with E-state index in [-0.39, 0.29) is 18.9 Å². The van der Waals surface area contributed by atoms with Crippen LogP contribution in [-0.4, -0.2) is 31.6 Å². The number of primary amides is 1. The Morgan fingerprint density at radius 3 is 2.58 bits per heavy atom. The van der Waals surface area contributed by atoms with Crippen LogP contribution < -0.4 is 11.1 Å². The van der Waals surface area contributed by atoms with Crippen molar-refractivity contribution in [3.8, 4) is 0 Å². The van der Waals surface area contributed by atoms with Gasteiger partial charge in [-0.15, -0.1) is 0 Å². The fourth-order valence-electron chi connectivity index (χ4n) is 0.560. The quantitative estimate of drug-likeness (QED) is 0.561. The maximum absolute atomic E-state index is 11.0. The van der Waals surface area contributed by atoms with Crippen LogP contribution in [0.1, 0.15) is 13.3 Å². The lowest BCUT2D eigenvalue weighted by atomic mass is 10.3. The molecule has 1 atom stereocenters. The first-order chi connectivity index (χ1) is 5.57. The predicted molar refractivity (Wildman–Crippen MR) is 43.3 cm³/mol. The molecule has 1 unspecified atom stereocenters. The van der Waals surface area contributed by atoms with E-state index >= 15 is 0 Å². The van der Waals surface area contributed by atoms with E-state index in [0.29, 0.717) is 0 Å². The highest BCUT2D eigenvalue weighted by molar-refractivity contribution is 5.81. The van der Waals surface area contributed by atoms with E-state index in [1.807, 2.05) is 0 Å². The normalized spacial score (nSPS) is 12.2. The summed E-state index contributed by atoms with van der Waals surface area (Å²) in [6.45, 7) is 1.89. The minimum Gasteiger partial charge on any atom is -0.372 e. The molecule has 5 nitrogen and oxygen atoms in total. The minimum absolute atomic E-state index is 0.155. The van der Waals surface area contributed by atoms with Gasteiger partial charge in [0.1, 0.15) is 6.10 Å². The van der Waals surface area contributed by atoms with Crippen LogP contribution in [0, 0.1) is 0 Å². The summed E-state index contributed by atoms with van der Waals surface area (Å²) in [6, 6.07) is 0. The molecule has 0 aromatic heterocycles. The molecule has 12 heavy (non-hydrogen) atoms. The summed E-state index contributed by atoms with van der Waals surface area (Å²) in [6.07, 6.45) is -0.333. The molecule has 0 aliphatic carbocycles. The molecule has 0 bridgehead atoms. The average molecular weight is 174 g/mol. The van der Waals surface area contributed by atoms with Crippen molar-refractivity contribution in [1.82, 2.24) is 5.32 Å². The van der Waals surface area contributed by atoms with E-state index in [9.17, 15) is 9.59 Å². The van der Waals surface area contributed by atoms with E-state index in [0.717, 1.165) is 0 Å². The molecule has 0 radical (unpaired) electrons. The highest BCUT2D eigenvalue weighted by Gasteiger charge is 2.09. The highest BCUT2D eigenvalue weighted by atomic mass is 16.5. The molecule has 2 amide bonds. The maximum Gasteiger partial charge on any atom is 0.248 e. The van der Waals surface area contributed by atoms with Crippen LogP contribution in [0.2, 0.25) is 0 Å². The van der Waals surface area contributed by atoms with Crippen LogP contribution in [0.15, 0.2) is 0 Å². The van der Waals surface area contributed by atoms with Crippen LogP contribution in [0.4, 0.5) is 0 Å². The zero-order valence-electron chi connectivity index (χ0n) is 7.29. The Balaban J connectivity index is 3.50. The Hall–Kier alpha value is -1.10. The lowest BCUT2D eigenvalue weighted by molar-refractivity contribution is -0.130. The number of hydrogen-bond acceptors (Lipinski definition) is 3. The smallest absolute Gasteiger partial charge is 0.248 e. The number of methoxy groups -OCH3 is 1. The highest BCUT2D eigenvalue weighted by Crippen LogP contribution is 1.86. The number of rotatable bonds is 5. The van der Waals surface area contributed by atoms with Gasteiger partial charge in [-0.2, -0.15) is 0 Å². The van der Waals surface area contributed by atoms with Gasteiger partial charge in [0, 0.05) is 20.1 Å². The number of carbonyl (C=O) groups excluding carboxylic acids is 2. The van der Waals surface area contributed by atoms with Crippen molar-refractivity contribution in [1.29, 1.82) is 0 Å². The first-order valence-corrected chi connectivity index (χ1v) is 3.66. The second-order valence-corrected chi connectivity index (χ2v) is 2.39. The summed E-state index contributed by atoms with van der Waals surface area (Å²) in [5, 5.41) is 2.50. The molecule has 0 aliphatic heterocycles. The van der Waals surface area contributed by atoms with Crippen molar-refractivity contribution < 1.29 is 14.3 Å². The van der Waals surface area contributed by atoms with Crippen molar-refractivity contribution in [3.05, 3.63) is 0 Å². The van der Waals surface area contributed by atoms with Gasteiger partial charge >= 0.3 is 0 Å². The molecule has 3 N–H and O–H groups in total. The zero-order chi connectivity index (χ0) is 9.56. The lowest BCUT2D eigenvalue weighted by Crippen LogP contribution is -2.35. The molecule has 0 heterocycles. The van der Waals surface area contributed by atoms with Gasteiger partial charge < -0.3 is 15.8 Å². The third kappa shape index (κ3) is 4.68. The van der Waals surface area contributed by atoms with E-state index in [2.05, 4.69) is 5.32 Å². The molecule has 70 valence electrons. The molecule has 0 aromatic carbocycles. The summed E-state index contributed by atoms with van der Waals surface area (Å²) in [4.78, 5) is 21.2.